The smallest absolute Gasteiger partial charge is 0.339 e. The molecule has 0 saturated carbocycles. The van der Waals surface area contributed by atoms with Crippen LogP contribution in [0.25, 0.3) is 10.9 Å². The first kappa shape index (κ1) is 27.2. The predicted molar refractivity (Wildman–Crippen MR) is 149 cm³/mol. The average molecular weight is 561 g/mol. The molecular weight excluding hydrogens is 532 g/mol. The van der Waals surface area contributed by atoms with Gasteiger partial charge in [0.15, 0.2) is 6.10 Å². The number of fused-ring (bicyclic) bond motifs is 2. The lowest BCUT2D eigenvalue weighted by atomic mass is 9.95. The normalized spacial score (nSPS) is 14.2. The summed E-state index contributed by atoms with van der Waals surface area (Å²) in [5.41, 5.74) is 3.18. The van der Waals surface area contributed by atoms with Crippen LogP contribution in [-0.4, -0.2) is 59.3 Å². The van der Waals surface area contributed by atoms with Gasteiger partial charge >= 0.3 is 5.97 Å². The third-order valence-corrected chi connectivity index (χ3v) is 8.00. The van der Waals surface area contributed by atoms with Crippen LogP contribution in [0.5, 0.6) is 0 Å². The van der Waals surface area contributed by atoms with E-state index < -0.39 is 28.0 Å². The molecular formula is C28H28N6O5S. The summed E-state index contributed by atoms with van der Waals surface area (Å²) < 4.78 is 33.1. The molecule has 0 spiro atoms. The maximum atomic E-state index is 13.5. The van der Waals surface area contributed by atoms with Crippen LogP contribution < -0.4 is 10.0 Å². The van der Waals surface area contributed by atoms with Gasteiger partial charge in [0.05, 0.1) is 16.0 Å². The SMILES string of the molecule is CCN1CCc2nc3ccccc3c(C(=O)OC(C)C(=O)Nc3ccc(S(=O)(=O)Nc4ncccn4)cc3)c2C1. The van der Waals surface area contributed by atoms with E-state index in [0.717, 1.165) is 30.8 Å². The van der Waals surface area contributed by atoms with Crippen LogP contribution in [0.1, 0.15) is 35.5 Å². The number of hydrogen-bond acceptors (Lipinski definition) is 9. The molecule has 40 heavy (non-hydrogen) atoms. The number of anilines is 2. The number of carbonyl (C=O) groups excluding carboxylic acids is 2. The summed E-state index contributed by atoms with van der Waals surface area (Å²) in [5, 5.41) is 3.35. The first-order valence-corrected chi connectivity index (χ1v) is 14.3. The fraction of sp³-hybridized carbons (Fsp3) is 0.250. The summed E-state index contributed by atoms with van der Waals surface area (Å²) in [5.74, 6) is -1.20. The van der Waals surface area contributed by atoms with Gasteiger partial charge in [-0.05, 0) is 49.9 Å². The molecule has 0 bridgehead atoms. The Kier molecular flexibility index (Phi) is 7.71. The number of nitrogens with one attached hydrogen (secondary N) is 2. The molecule has 0 aliphatic carbocycles. The van der Waals surface area contributed by atoms with E-state index in [-0.39, 0.29) is 10.8 Å². The van der Waals surface area contributed by atoms with Crippen molar-refractivity contribution < 1.29 is 22.7 Å². The molecule has 5 rings (SSSR count). The predicted octanol–water partition coefficient (Wildman–Crippen LogP) is 3.39. The molecule has 0 fully saturated rings. The van der Waals surface area contributed by atoms with Gasteiger partial charge in [0.25, 0.3) is 15.9 Å². The second-order valence-corrected chi connectivity index (χ2v) is 11.0. The number of ether oxygens (including phenoxy) is 1. The molecule has 2 aromatic carbocycles. The van der Waals surface area contributed by atoms with Gasteiger partial charge in [0.2, 0.25) is 5.95 Å². The quantitative estimate of drug-likeness (QED) is 0.310. The summed E-state index contributed by atoms with van der Waals surface area (Å²) >= 11 is 0. The molecule has 2 N–H and O–H groups in total. The average Bonchev–Trinajstić information content (AvgIpc) is 2.96. The Labute approximate surface area is 231 Å². The second-order valence-electron chi connectivity index (χ2n) is 9.29. The van der Waals surface area contributed by atoms with Gasteiger partial charge in [-0.25, -0.2) is 27.9 Å². The van der Waals surface area contributed by atoms with Gasteiger partial charge in [0, 0.05) is 54.2 Å². The number of carbonyl (C=O) groups is 2. The Bertz CT molecular complexity index is 1660. The minimum atomic E-state index is -3.92. The molecule has 1 aliphatic heterocycles. The first-order valence-electron chi connectivity index (χ1n) is 12.8. The summed E-state index contributed by atoms with van der Waals surface area (Å²) in [7, 11) is -3.92. The van der Waals surface area contributed by atoms with Crippen LogP contribution in [0, 0.1) is 0 Å². The number of likely N-dealkylation sites (N-methyl/N-ethyl adjacent to an activating group) is 1. The monoisotopic (exact) mass is 560 g/mol. The number of esters is 1. The van der Waals surface area contributed by atoms with E-state index in [1.165, 1.54) is 43.6 Å². The van der Waals surface area contributed by atoms with E-state index in [9.17, 15) is 18.0 Å². The molecule has 2 aromatic heterocycles. The van der Waals surface area contributed by atoms with Crippen molar-refractivity contribution in [1.82, 2.24) is 19.9 Å². The molecule has 4 aromatic rings. The number of pyridine rings is 1. The fourth-order valence-corrected chi connectivity index (χ4v) is 5.47. The zero-order valence-corrected chi connectivity index (χ0v) is 22.8. The zero-order valence-electron chi connectivity index (χ0n) is 22.0. The summed E-state index contributed by atoms with van der Waals surface area (Å²) in [6.45, 7) is 5.84. The lowest BCUT2D eigenvalue weighted by Gasteiger charge is -2.29. The van der Waals surface area contributed by atoms with Crippen molar-refractivity contribution in [2.24, 2.45) is 0 Å². The van der Waals surface area contributed by atoms with E-state index in [1.807, 2.05) is 24.3 Å². The molecule has 1 atom stereocenters. The van der Waals surface area contributed by atoms with Crippen LogP contribution in [0.15, 0.2) is 71.9 Å². The number of hydrogen-bond donors (Lipinski definition) is 2. The van der Waals surface area contributed by atoms with E-state index in [4.69, 9.17) is 9.72 Å². The number of aromatic nitrogens is 3. The van der Waals surface area contributed by atoms with Crippen molar-refractivity contribution in [3.8, 4) is 0 Å². The number of sulfonamides is 1. The Morgan fingerprint density at radius 2 is 1.77 bits per heavy atom. The number of amides is 1. The van der Waals surface area contributed by atoms with E-state index in [1.54, 1.807) is 6.07 Å². The number of para-hydroxylation sites is 1. The van der Waals surface area contributed by atoms with Crippen LogP contribution in [-0.2, 0) is 32.5 Å². The van der Waals surface area contributed by atoms with Crippen LogP contribution >= 0.6 is 0 Å². The molecule has 0 radical (unpaired) electrons. The van der Waals surface area contributed by atoms with Crippen molar-refractivity contribution in [3.05, 3.63) is 83.8 Å². The minimum absolute atomic E-state index is 0.0344. The van der Waals surface area contributed by atoms with Crippen molar-refractivity contribution in [2.45, 2.75) is 37.8 Å². The maximum Gasteiger partial charge on any atom is 0.339 e. The number of benzene rings is 2. The van der Waals surface area contributed by atoms with E-state index >= 15 is 0 Å². The third kappa shape index (κ3) is 5.77. The first-order chi connectivity index (χ1) is 19.2. The topological polar surface area (TPSA) is 143 Å². The zero-order chi connectivity index (χ0) is 28.3. The van der Waals surface area contributed by atoms with Crippen molar-refractivity contribution in [1.29, 1.82) is 0 Å². The fourth-order valence-electron chi connectivity index (χ4n) is 4.51. The highest BCUT2D eigenvalue weighted by Crippen LogP contribution is 2.29. The van der Waals surface area contributed by atoms with Gasteiger partial charge in [-0.2, -0.15) is 0 Å². The van der Waals surface area contributed by atoms with Gasteiger partial charge in [-0.1, -0.05) is 25.1 Å². The van der Waals surface area contributed by atoms with Crippen molar-refractivity contribution in [2.75, 3.05) is 23.1 Å². The Morgan fingerprint density at radius 3 is 2.50 bits per heavy atom. The Morgan fingerprint density at radius 1 is 1.05 bits per heavy atom. The molecule has 11 nitrogen and oxygen atoms in total. The van der Waals surface area contributed by atoms with Crippen LogP contribution in [0.3, 0.4) is 0 Å². The van der Waals surface area contributed by atoms with Crippen molar-refractivity contribution >= 4 is 44.4 Å². The lowest BCUT2D eigenvalue weighted by Crippen LogP contribution is -2.34. The number of rotatable bonds is 8. The number of nitrogens with zero attached hydrogens (tertiary/aromatic N) is 4. The second kappa shape index (κ2) is 11.4. The van der Waals surface area contributed by atoms with E-state index in [2.05, 4.69) is 31.8 Å². The molecule has 206 valence electrons. The molecule has 1 unspecified atom stereocenters. The molecule has 1 amide bonds. The summed E-state index contributed by atoms with van der Waals surface area (Å²) in [4.78, 5) is 41.0. The standard InChI is InChI=1S/C28H28N6O5S/c1-3-34-16-13-24-22(17-34)25(21-7-4-5-8-23(21)32-24)27(36)39-18(2)26(35)31-19-9-11-20(12-10-19)40(37,38)33-28-29-14-6-15-30-28/h4-12,14-15,18H,3,13,16-17H2,1-2H3,(H,31,35)(H,29,30,33). The molecule has 12 heteroatoms. The molecule has 0 saturated heterocycles. The van der Waals surface area contributed by atoms with Gasteiger partial charge < -0.3 is 10.1 Å². The molecule has 1 aliphatic rings. The van der Waals surface area contributed by atoms with E-state index in [0.29, 0.717) is 28.7 Å². The van der Waals surface area contributed by atoms with Crippen LogP contribution in [0.2, 0.25) is 0 Å². The highest BCUT2D eigenvalue weighted by atomic mass is 32.2. The highest BCUT2D eigenvalue weighted by Gasteiger charge is 2.28. The Balaban J connectivity index is 1.29. The minimum Gasteiger partial charge on any atom is -0.449 e. The van der Waals surface area contributed by atoms with Gasteiger partial charge in [-0.15, -0.1) is 0 Å². The van der Waals surface area contributed by atoms with Gasteiger partial charge in [0.1, 0.15) is 0 Å². The lowest BCUT2D eigenvalue weighted by molar-refractivity contribution is -0.123. The largest absolute Gasteiger partial charge is 0.449 e. The summed E-state index contributed by atoms with van der Waals surface area (Å²) in [6, 6.07) is 14.5. The molecule has 3 heterocycles. The summed E-state index contributed by atoms with van der Waals surface area (Å²) in [6.07, 6.45) is 2.46. The maximum absolute atomic E-state index is 13.5. The van der Waals surface area contributed by atoms with Gasteiger partial charge in [-0.3, -0.25) is 14.7 Å². The highest BCUT2D eigenvalue weighted by molar-refractivity contribution is 7.92. The van der Waals surface area contributed by atoms with Crippen LogP contribution in [0.4, 0.5) is 11.6 Å². The third-order valence-electron chi connectivity index (χ3n) is 6.65. The Hall–Kier alpha value is -4.42. The van der Waals surface area contributed by atoms with Crippen molar-refractivity contribution in [3.63, 3.8) is 0 Å².